The summed E-state index contributed by atoms with van der Waals surface area (Å²) in [4.78, 5) is 12.7. The molecule has 0 aromatic rings. The van der Waals surface area contributed by atoms with E-state index in [2.05, 4.69) is 4.74 Å². The summed E-state index contributed by atoms with van der Waals surface area (Å²) in [6.07, 6.45) is -0.201. The predicted molar refractivity (Wildman–Crippen MR) is 48.9 cm³/mol. The van der Waals surface area contributed by atoms with Gasteiger partial charge in [0.25, 0.3) is 0 Å². The maximum atomic E-state index is 11.0. The quantitative estimate of drug-likeness (QED) is 0.545. The number of methoxy groups -OCH3 is 1. The second kappa shape index (κ2) is 4.77. The van der Waals surface area contributed by atoms with Crippen LogP contribution in [0.2, 0.25) is 0 Å². The molecule has 1 aliphatic rings. The van der Waals surface area contributed by atoms with Gasteiger partial charge in [-0.05, 0) is 0 Å². The Hall–Kier alpha value is -0.0300. The minimum absolute atomic E-state index is 0.201. The Morgan fingerprint density at radius 1 is 1.36 bits per heavy atom. The Labute approximate surface area is 74.2 Å². The van der Waals surface area contributed by atoms with Gasteiger partial charge in [0, 0.05) is 24.6 Å². The minimum Gasteiger partial charge on any atom is -0.453 e. The van der Waals surface area contributed by atoms with Gasteiger partial charge in [0.2, 0.25) is 0 Å². The van der Waals surface area contributed by atoms with Crippen LogP contribution in [0.3, 0.4) is 0 Å². The van der Waals surface area contributed by atoms with Gasteiger partial charge in [0.1, 0.15) is 0 Å². The highest BCUT2D eigenvalue weighted by atomic mass is 33.1. The highest BCUT2D eigenvalue weighted by Crippen LogP contribution is 2.23. The van der Waals surface area contributed by atoms with E-state index in [1.807, 2.05) is 21.6 Å². The molecule has 0 spiro atoms. The van der Waals surface area contributed by atoms with Gasteiger partial charge in [-0.1, -0.05) is 21.6 Å². The standard InChI is InChI=1S/C6H11NO2S2/c1-9-6(8)7-2-4-10-11-5-3-7/h2-5H2,1H3. The first-order valence-electron chi connectivity index (χ1n) is 3.42. The largest absolute Gasteiger partial charge is 0.453 e. The Morgan fingerprint density at radius 3 is 2.36 bits per heavy atom. The van der Waals surface area contributed by atoms with Crippen molar-refractivity contribution in [3.05, 3.63) is 0 Å². The van der Waals surface area contributed by atoms with Crippen molar-refractivity contribution < 1.29 is 9.53 Å². The monoisotopic (exact) mass is 193 g/mol. The van der Waals surface area contributed by atoms with E-state index < -0.39 is 0 Å². The molecule has 1 fully saturated rings. The molecule has 1 heterocycles. The van der Waals surface area contributed by atoms with Crippen LogP contribution in [0.5, 0.6) is 0 Å². The molecule has 0 N–H and O–H groups in total. The molecule has 64 valence electrons. The summed E-state index contributed by atoms with van der Waals surface area (Å²) in [7, 11) is 5.05. The fourth-order valence-corrected chi connectivity index (χ4v) is 2.82. The molecule has 0 aliphatic carbocycles. The Morgan fingerprint density at radius 2 is 1.91 bits per heavy atom. The van der Waals surface area contributed by atoms with E-state index >= 15 is 0 Å². The molecule has 5 heteroatoms. The topological polar surface area (TPSA) is 29.5 Å². The van der Waals surface area contributed by atoms with Crippen LogP contribution in [0.25, 0.3) is 0 Å². The molecule has 1 amide bonds. The lowest BCUT2D eigenvalue weighted by Gasteiger charge is -2.16. The number of amides is 1. The normalized spacial score (nSPS) is 19.2. The van der Waals surface area contributed by atoms with E-state index in [4.69, 9.17) is 0 Å². The van der Waals surface area contributed by atoms with E-state index in [1.54, 1.807) is 4.90 Å². The molecular formula is C6H11NO2S2. The van der Waals surface area contributed by atoms with Gasteiger partial charge in [0.05, 0.1) is 7.11 Å². The maximum absolute atomic E-state index is 11.0. The van der Waals surface area contributed by atoms with Gasteiger partial charge in [0.15, 0.2) is 0 Å². The lowest BCUT2D eigenvalue weighted by molar-refractivity contribution is 0.129. The van der Waals surface area contributed by atoms with Gasteiger partial charge in [-0.15, -0.1) is 0 Å². The minimum atomic E-state index is -0.201. The summed E-state index contributed by atoms with van der Waals surface area (Å²) in [5.74, 6) is 2.00. The third-order valence-corrected chi connectivity index (χ3v) is 3.77. The van der Waals surface area contributed by atoms with Crippen LogP contribution in [0.4, 0.5) is 4.79 Å². The number of carbonyl (C=O) groups excluding carboxylic acids is 1. The zero-order valence-corrected chi connectivity index (χ0v) is 8.04. The smallest absolute Gasteiger partial charge is 0.409 e. The SMILES string of the molecule is COC(=O)N1CCSSCC1. The summed E-state index contributed by atoms with van der Waals surface area (Å²) >= 11 is 0. The van der Waals surface area contributed by atoms with Crippen LogP contribution in [0.1, 0.15) is 0 Å². The maximum Gasteiger partial charge on any atom is 0.409 e. The second-order valence-corrected chi connectivity index (χ2v) is 4.80. The van der Waals surface area contributed by atoms with E-state index in [9.17, 15) is 4.79 Å². The fraction of sp³-hybridized carbons (Fsp3) is 0.833. The van der Waals surface area contributed by atoms with Crippen molar-refractivity contribution in [2.75, 3.05) is 31.7 Å². The van der Waals surface area contributed by atoms with E-state index in [0.717, 1.165) is 24.6 Å². The van der Waals surface area contributed by atoms with Crippen molar-refractivity contribution in [1.29, 1.82) is 0 Å². The van der Waals surface area contributed by atoms with Crippen molar-refractivity contribution in [3.8, 4) is 0 Å². The molecule has 3 nitrogen and oxygen atoms in total. The van der Waals surface area contributed by atoms with Crippen LogP contribution in [0, 0.1) is 0 Å². The summed E-state index contributed by atoms with van der Waals surface area (Å²) in [6, 6.07) is 0. The molecule has 0 unspecified atom stereocenters. The molecule has 0 radical (unpaired) electrons. The number of carbonyl (C=O) groups is 1. The van der Waals surface area contributed by atoms with Gasteiger partial charge in [-0.25, -0.2) is 4.79 Å². The van der Waals surface area contributed by atoms with Crippen LogP contribution in [-0.4, -0.2) is 42.7 Å². The number of ether oxygens (including phenoxy) is 1. The first kappa shape index (κ1) is 9.06. The fourth-order valence-electron chi connectivity index (χ4n) is 0.836. The van der Waals surface area contributed by atoms with Crippen LogP contribution in [0.15, 0.2) is 0 Å². The first-order valence-corrected chi connectivity index (χ1v) is 5.90. The van der Waals surface area contributed by atoms with Gasteiger partial charge in [-0.3, -0.25) is 0 Å². The molecule has 1 aliphatic heterocycles. The molecule has 11 heavy (non-hydrogen) atoms. The third-order valence-electron chi connectivity index (χ3n) is 1.41. The average Bonchev–Trinajstić information content (AvgIpc) is 2.30. The zero-order valence-electron chi connectivity index (χ0n) is 6.41. The highest BCUT2D eigenvalue weighted by Gasteiger charge is 2.15. The summed E-state index contributed by atoms with van der Waals surface area (Å²) < 4.78 is 4.61. The Balaban J connectivity index is 2.36. The van der Waals surface area contributed by atoms with Crippen LogP contribution >= 0.6 is 21.6 Å². The van der Waals surface area contributed by atoms with Crippen molar-refractivity contribution in [1.82, 2.24) is 4.90 Å². The van der Waals surface area contributed by atoms with E-state index in [0.29, 0.717) is 0 Å². The van der Waals surface area contributed by atoms with E-state index in [-0.39, 0.29) is 6.09 Å². The lowest BCUT2D eigenvalue weighted by atomic mass is 10.5. The molecule has 0 atom stereocenters. The summed E-state index contributed by atoms with van der Waals surface area (Å²) in [5.41, 5.74) is 0. The van der Waals surface area contributed by atoms with Crippen molar-refractivity contribution in [3.63, 3.8) is 0 Å². The molecule has 0 aromatic heterocycles. The van der Waals surface area contributed by atoms with Crippen LogP contribution in [-0.2, 0) is 4.74 Å². The first-order chi connectivity index (χ1) is 5.34. The molecule has 1 rings (SSSR count). The van der Waals surface area contributed by atoms with Crippen molar-refractivity contribution >= 4 is 27.7 Å². The van der Waals surface area contributed by atoms with Crippen molar-refractivity contribution in [2.45, 2.75) is 0 Å². The number of rotatable bonds is 0. The zero-order chi connectivity index (χ0) is 8.10. The number of hydrogen-bond donors (Lipinski definition) is 0. The summed E-state index contributed by atoms with van der Waals surface area (Å²) in [6.45, 7) is 1.62. The Kier molecular flexibility index (Phi) is 3.93. The third kappa shape index (κ3) is 2.83. The molecule has 0 bridgehead atoms. The second-order valence-electron chi connectivity index (χ2n) is 2.10. The Bertz CT molecular complexity index is 135. The molecule has 0 aromatic carbocycles. The van der Waals surface area contributed by atoms with Crippen LogP contribution < -0.4 is 0 Å². The lowest BCUT2D eigenvalue weighted by Crippen LogP contribution is -2.33. The molecule has 0 saturated carbocycles. The number of hydrogen-bond acceptors (Lipinski definition) is 4. The highest BCUT2D eigenvalue weighted by molar-refractivity contribution is 8.76. The summed E-state index contributed by atoms with van der Waals surface area (Å²) in [5, 5.41) is 0. The van der Waals surface area contributed by atoms with E-state index in [1.165, 1.54) is 7.11 Å². The van der Waals surface area contributed by atoms with Crippen molar-refractivity contribution in [2.24, 2.45) is 0 Å². The van der Waals surface area contributed by atoms with Gasteiger partial charge < -0.3 is 9.64 Å². The predicted octanol–water partition coefficient (Wildman–Crippen LogP) is 1.45. The van der Waals surface area contributed by atoms with Gasteiger partial charge in [-0.2, -0.15) is 0 Å². The number of nitrogens with zero attached hydrogens (tertiary/aromatic N) is 1. The average molecular weight is 193 g/mol. The molecule has 1 saturated heterocycles. The molecular weight excluding hydrogens is 182 g/mol. The van der Waals surface area contributed by atoms with Gasteiger partial charge >= 0.3 is 6.09 Å².